The molecule has 0 radical (unpaired) electrons. The first-order chi connectivity index (χ1) is 12.6. The largest absolute Gasteiger partial charge is 0.462 e. The van der Waals surface area contributed by atoms with Crippen LogP contribution in [0.3, 0.4) is 0 Å². The lowest BCUT2D eigenvalue weighted by molar-refractivity contribution is -0.170. The maximum absolute atomic E-state index is 12.5. The summed E-state index contributed by atoms with van der Waals surface area (Å²) in [6.45, 7) is 10.6. The third-order valence-electron chi connectivity index (χ3n) is 9.21. The van der Waals surface area contributed by atoms with E-state index in [1.165, 1.54) is 25.7 Å². The highest BCUT2D eigenvalue weighted by Crippen LogP contribution is 2.65. The Kier molecular flexibility index (Phi) is 4.56. The van der Waals surface area contributed by atoms with Crippen molar-refractivity contribution in [1.29, 1.82) is 0 Å². The molecule has 3 heteroatoms. The minimum absolute atomic E-state index is 0.0240. The first-order valence-electron chi connectivity index (χ1n) is 11.3. The van der Waals surface area contributed by atoms with Gasteiger partial charge in [-0.3, -0.25) is 9.59 Å². The Morgan fingerprint density at radius 2 is 1.74 bits per heavy atom. The summed E-state index contributed by atoms with van der Waals surface area (Å²) in [6.07, 6.45) is 10.1. The average Bonchev–Trinajstić information content (AvgIpc) is 2.89. The topological polar surface area (TPSA) is 43.4 Å². The lowest BCUT2D eigenvalue weighted by atomic mass is 9.45. The van der Waals surface area contributed by atoms with Gasteiger partial charge in [0.1, 0.15) is 11.9 Å². The van der Waals surface area contributed by atoms with Crippen molar-refractivity contribution < 1.29 is 14.3 Å². The molecule has 0 aliphatic heterocycles. The van der Waals surface area contributed by atoms with E-state index in [2.05, 4.69) is 13.8 Å². The fourth-order valence-corrected chi connectivity index (χ4v) is 7.42. The van der Waals surface area contributed by atoms with Gasteiger partial charge in [0.05, 0.1) is 5.41 Å². The van der Waals surface area contributed by atoms with Crippen LogP contribution in [0.25, 0.3) is 0 Å². The van der Waals surface area contributed by atoms with Gasteiger partial charge in [-0.05, 0) is 101 Å². The molecule has 0 aromatic carbocycles. The monoisotopic (exact) mass is 374 g/mol. The molecular formula is C24H38O3. The molecule has 0 N–H and O–H groups in total. The minimum Gasteiger partial charge on any atom is -0.462 e. The fourth-order valence-electron chi connectivity index (χ4n) is 7.42. The molecule has 0 amide bonds. The van der Waals surface area contributed by atoms with Gasteiger partial charge >= 0.3 is 5.97 Å². The molecule has 27 heavy (non-hydrogen) atoms. The number of esters is 1. The zero-order valence-electron chi connectivity index (χ0n) is 18.0. The molecule has 4 saturated carbocycles. The Hall–Kier alpha value is -0.860. The summed E-state index contributed by atoms with van der Waals surface area (Å²) in [4.78, 5) is 24.9. The highest BCUT2D eigenvalue weighted by atomic mass is 16.5. The number of carbonyl (C=O) groups is 2. The number of hydrogen-bond donors (Lipinski definition) is 0. The highest BCUT2D eigenvalue weighted by Gasteiger charge is 2.60. The van der Waals surface area contributed by atoms with Gasteiger partial charge < -0.3 is 4.74 Å². The van der Waals surface area contributed by atoms with Gasteiger partial charge in [-0.15, -0.1) is 0 Å². The van der Waals surface area contributed by atoms with E-state index >= 15 is 0 Å². The molecule has 0 aromatic heterocycles. The summed E-state index contributed by atoms with van der Waals surface area (Å²) in [5.74, 6) is 3.29. The highest BCUT2D eigenvalue weighted by molar-refractivity contribution is 5.87. The third-order valence-corrected chi connectivity index (χ3v) is 9.21. The van der Waals surface area contributed by atoms with E-state index in [0.29, 0.717) is 23.0 Å². The second-order valence-electron chi connectivity index (χ2n) is 11.6. The van der Waals surface area contributed by atoms with Crippen LogP contribution in [0.1, 0.15) is 92.4 Å². The Morgan fingerprint density at radius 1 is 1.00 bits per heavy atom. The predicted molar refractivity (Wildman–Crippen MR) is 106 cm³/mol. The number of rotatable bonds is 1. The molecule has 0 spiro atoms. The quantitative estimate of drug-likeness (QED) is 0.565. The van der Waals surface area contributed by atoms with Crippen LogP contribution in [0.5, 0.6) is 0 Å². The minimum atomic E-state index is -0.415. The zero-order valence-corrected chi connectivity index (χ0v) is 18.0. The van der Waals surface area contributed by atoms with Gasteiger partial charge in [0.15, 0.2) is 0 Å². The van der Waals surface area contributed by atoms with E-state index in [0.717, 1.165) is 43.9 Å². The Bertz CT molecular complexity index is 632. The fraction of sp³-hybridized carbons (Fsp3) is 0.917. The summed E-state index contributed by atoms with van der Waals surface area (Å²) < 4.78 is 5.90. The Labute approximate surface area is 165 Å². The molecule has 0 bridgehead atoms. The van der Waals surface area contributed by atoms with Crippen molar-refractivity contribution in [2.24, 2.45) is 39.9 Å². The second-order valence-corrected chi connectivity index (χ2v) is 11.6. The van der Waals surface area contributed by atoms with Gasteiger partial charge in [0.2, 0.25) is 0 Å². The van der Waals surface area contributed by atoms with Crippen molar-refractivity contribution in [3.05, 3.63) is 0 Å². The first kappa shape index (κ1) is 19.5. The molecule has 7 atom stereocenters. The van der Waals surface area contributed by atoms with Gasteiger partial charge in [-0.25, -0.2) is 0 Å². The van der Waals surface area contributed by atoms with Gasteiger partial charge in [0.25, 0.3) is 0 Å². The maximum atomic E-state index is 12.5. The van der Waals surface area contributed by atoms with Crippen molar-refractivity contribution in [2.45, 2.75) is 98.5 Å². The molecule has 0 saturated heterocycles. The SMILES string of the molecule is CC(C)(C)C(=O)OC1CCC2(C)C(CCC3C4CCC(=O)C4(C)CCC32)C1. The molecule has 4 rings (SSSR count). The summed E-state index contributed by atoms with van der Waals surface area (Å²) in [5, 5.41) is 0. The Morgan fingerprint density at radius 3 is 2.44 bits per heavy atom. The summed E-state index contributed by atoms with van der Waals surface area (Å²) in [5.41, 5.74) is -0.0639. The molecule has 4 aliphatic rings. The number of ketones is 1. The summed E-state index contributed by atoms with van der Waals surface area (Å²) >= 11 is 0. The number of ether oxygens (including phenoxy) is 1. The van der Waals surface area contributed by atoms with E-state index in [1.54, 1.807) is 0 Å². The lowest BCUT2D eigenvalue weighted by Gasteiger charge is -2.60. The number of carbonyl (C=O) groups excluding carboxylic acids is 2. The van der Waals surface area contributed by atoms with Gasteiger partial charge in [-0.2, -0.15) is 0 Å². The molecule has 4 fully saturated rings. The average molecular weight is 375 g/mol. The predicted octanol–water partition coefficient (Wildman–Crippen LogP) is 5.56. The molecule has 0 aromatic rings. The second kappa shape index (κ2) is 6.32. The van der Waals surface area contributed by atoms with Crippen molar-refractivity contribution in [3.8, 4) is 0 Å². The molecule has 3 nitrogen and oxygen atoms in total. The number of Topliss-reactive ketones (excluding diaryl/α,β-unsaturated/α-hetero) is 1. The van der Waals surface area contributed by atoms with Crippen LogP contribution in [0.4, 0.5) is 0 Å². The smallest absolute Gasteiger partial charge is 0.311 e. The molecule has 4 aliphatic carbocycles. The van der Waals surface area contributed by atoms with E-state index in [4.69, 9.17) is 4.74 Å². The van der Waals surface area contributed by atoms with Crippen molar-refractivity contribution in [2.75, 3.05) is 0 Å². The number of fused-ring (bicyclic) bond motifs is 5. The van der Waals surface area contributed by atoms with Gasteiger partial charge in [-0.1, -0.05) is 13.8 Å². The van der Waals surface area contributed by atoms with Crippen LogP contribution < -0.4 is 0 Å². The summed E-state index contributed by atoms with van der Waals surface area (Å²) in [7, 11) is 0. The van der Waals surface area contributed by atoms with Crippen LogP contribution >= 0.6 is 0 Å². The van der Waals surface area contributed by atoms with Crippen molar-refractivity contribution >= 4 is 11.8 Å². The van der Waals surface area contributed by atoms with E-state index in [9.17, 15) is 9.59 Å². The van der Waals surface area contributed by atoms with Crippen LogP contribution in [0, 0.1) is 39.9 Å². The van der Waals surface area contributed by atoms with E-state index < -0.39 is 5.41 Å². The van der Waals surface area contributed by atoms with Crippen LogP contribution in [0.2, 0.25) is 0 Å². The standard InChI is InChI=1S/C24H38O3/c1-22(2,3)21(26)27-16-10-12-23(4)15(14-16)6-7-17-18-8-9-20(25)24(18,5)13-11-19(17)23/h15-19H,6-14H2,1-5H3. The van der Waals surface area contributed by atoms with Crippen LogP contribution in [0.15, 0.2) is 0 Å². The van der Waals surface area contributed by atoms with E-state index in [-0.39, 0.29) is 17.5 Å². The normalized spacial score (nSPS) is 47.0. The van der Waals surface area contributed by atoms with Crippen LogP contribution in [-0.4, -0.2) is 17.9 Å². The Balaban J connectivity index is 1.48. The summed E-state index contributed by atoms with van der Waals surface area (Å²) in [6, 6.07) is 0. The van der Waals surface area contributed by atoms with Crippen LogP contribution in [-0.2, 0) is 14.3 Å². The molecule has 7 unspecified atom stereocenters. The third kappa shape index (κ3) is 2.99. The van der Waals surface area contributed by atoms with Crippen molar-refractivity contribution in [1.82, 2.24) is 0 Å². The van der Waals surface area contributed by atoms with Crippen molar-refractivity contribution in [3.63, 3.8) is 0 Å². The molecule has 152 valence electrons. The maximum Gasteiger partial charge on any atom is 0.311 e. The number of hydrogen-bond acceptors (Lipinski definition) is 3. The first-order valence-corrected chi connectivity index (χ1v) is 11.3. The molecule has 0 heterocycles. The van der Waals surface area contributed by atoms with Gasteiger partial charge in [0, 0.05) is 11.8 Å². The molecular weight excluding hydrogens is 336 g/mol. The van der Waals surface area contributed by atoms with E-state index in [1.807, 2.05) is 20.8 Å². The zero-order chi connectivity index (χ0) is 19.6. The lowest BCUT2D eigenvalue weighted by Crippen LogP contribution is -2.54.